The zero-order valence-electron chi connectivity index (χ0n) is 7.86. The van der Waals surface area contributed by atoms with Crippen LogP contribution in [0.1, 0.15) is 18.1 Å². The Kier molecular flexibility index (Phi) is 3.22. The van der Waals surface area contributed by atoms with Gasteiger partial charge in [-0.3, -0.25) is 0 Å². The number of aromatic hydroxyl groups is 1. The lowest BCUT2D eigenvalue weighted by Crippen LogP contribution is -2.00. The number of hydrogen-bond acceptors (Lipinski definition) is 4. The van der Waals surface area contributed by atoms with Crippen molar-refractivity contribution in [2.24, 2.45) is 0 Å². The van der Waals surface area contributed by atoms with Crippen molar-refractivity contribution < 1.29 is 13.5 Å². The lowest BCUT2D eigenvalue weighted by Gasteiger charge is -2.07. The molecule has 0 saturated carbocycles. The van der Waals surface area contributed by atoms with Crippen LogP contribution in [0.4, 0.5) is 0 Å². The second-order valence-electron chi connectivity index (χ2n) is 2.84. The van der Waals surface area contributed by atoms with Crippen molar-refractivity contribution in [1.29, 1.82) is 5.26 Å². The monoisotopic (exact) mass is 245 g/mol. The Labute approximate surface area is 92.1 Å². The van der Waals surface area contributed by atoms with Gasteiger partial charge in [0.25, 0.3) is 9.05 Å². The van der Waals surface area contributed by atoms with Crippen LogP contribution in [-0.4, -0.2) is 13.5 Å². The van der Waals surface area contributed by atoms with Crippen molar-refractivity contribution in [3.8, 4) is 11.8 Å². The summed E-state index contributed by atoms with van der Waals surface area (Å²) in [5.41, 5.74) is 0.201. The summed E-state index contributed by atoms with van der Waals surface area (Å²) in [5.74, 6) is -0.238. The van der Waals surface area contributed by atoms with E-state index < -0.39 is 9.05 Å². The lowest BCUT2D eigenvalue weighted by atomic mass is 10.1. The highest BCUT2D eigenvalue weighted by Crippen LogP contribution is 2.29. The number of rotatable bonds is 2. The van der Waals surface area contributed by atoms with E-state index in [2.05, 4.69) is 0 Å². The molecule has 1 aromatic rings. The van der Waals surface area contributed by atoms with Gasteiger partial charge < -0.3 is 5.11 Å². The molecule has 0 aliphatic heterocycles. The third-order valence-corrected chi connectivity index (χ3v) is 3.38. The minimum absolute atomic E-state index is 0.0424. The van der Waals surface area contributed by atoms with Gasteiger partial charge in [-0.2, -0.15) is 5.26 Å². The zero-order chi connectivity index (χ0) is 11.6. The summed E-state index contributed by atoms with van der Waals surface area (Å²) in [5, 5.41) is 18.1. The third-order valence-electron chi connectivity index (χ3n) is 1.98. The largest absolute Gasteiger partial charge is 0.507 e. The van der Waals surface area contributed by atoms with Crippen LogP contribution in [0.3, 0.4) is 0 Å². The standard InChI is InChI=1S/C9H8ClNO3S/c1-2-6-7(5-11)8(12)3-4-9(6)15(10,13)14/h3-4,12H,2H2,1H3. The highest BCUT2D eigenvalue weighted by molar-refractivity contribution is 8.13. The number of hydrogen-bond donors (Lipinski definition) is 1. The summed E-state index contributed by atoms with van der Waals surface area (Å²) in [4.78, 5) is -0.124. The van der Waals surface area contributed by atoms with Gasteiger partial charge in [-0.1, -0.05) is 6.92 Å². The average Bonchev–Trinajstić information content (AvgIpc) is 2.15. The molecule has 0 aliphatic rings. The molecule has 80 valence electrons. The third kappa shape index (κ3) is 2.22. The quantitative estimate of drug-likeness (QED) is 0.806. The summed E-state index contributed by atoms with van der Waals surface area (Å²) in [6, 6.07) is 4.09. The number of nitriles is 1. The second kappa shape index (κ2) is 4.09. The second-order valence-corrected chi connectivity index (χ2v) is 5.37. The van der Waals surface area contributed by atoms with Crippen molar-refractivity contribution in [3.63, 3.8) is 0 Å². The van der Waals surface area contributed by atoms with E-state index >= 15 is 0 Å². The van der Waals surface area contributed by atoms with E-state index in [9.17, 15) is 13.5 Å². The summed E-state index contributed by atoms with van der Waals surface area (Å²) < 4.78 is 22.3. The SMILES string of the molecule is CCc1c(S(=O)(=O)Cl)ccc(O)c1C#N. The van der Waals surface area contributed by atoms with E-state index in [0.717, 1.165) is 6.07 Å². The van der Waals surface area contributed by atoms with E-state index in [1.807, 2.05) is 0 Å². The van der Waals surface area contributed by atoms with Gasteiger partial charge in [-0.25, -0.2) is 8.42 Å². The normalized spacial score (nSPS) is 11.0. The summed E-state index contributed by atoms with van der Waals surface area (Å²) >= 11 is 0. The molecule has 15 heavy (non-hydrogen) atoms. The molecule has 0 fully saturated rings. The van der Waals surface area contributed by atoms with Gasteiger partial charge >= 0.3 is 0 Å². The Morgan fingerprint density at radius 2 is 2.13 bits per heavy atom. The molecule has 0 bridgehead atoms. The minimum Gasteiger partial charge on any atom is -0.507 e. The number of benzene rings is 1. The molecular weight excluding hydrogens is 238 g/mol. The highest BCUT2D eigenvalue weighted by Gasteiger charge is 2.19. The van der Waals surface area contributed by atoms with E-state index in [0.29, 0.717) is 6.42 Å². The van der Waals surface area contributed by atoms with Gasteiger partial charge in [-0.15, -0.1) is 0 Å². The first kappa shape index (κ1) is 11.8. The molecule has 0 unspecified atom stereocenters. The maximum Gasteiger partial charge on any atom is 0.261 e. The first-order chi connectivity index (χ1) is 6.91. The molecule has 0 spiro atoms. The summed E-state index contributed by atoms with van der Waals surface area (Å²) in [6.45, 7) is 1.68. The van der Waals surface area contributed by atoms with Gasteiger partial charge in [0.1, 0.15) is 11.8 Å². The van der Waals surface area contributed by atoms with Crippen LogP contribution >= 0.6 is 10.7 Å². The molecule has 0 aliphatic carbocycles. The van der Waals surface area contributed by atoms with Crippen molar-refractivity contribution in [2.75, 3.05) is 0 Å². The van der Waals surface area contributed by atoms with Crippen LogP contribution in [0, 0.1) is 11.3 Å². The number of phenols is 1. The Morgan fingerprint density at radius 1 is 1.53 bits per heavy atom. The molecule has 4 nitrogen and oxygen atoms in total. The Bertz CT molecular complexity index is 531. The van der Waals surface area contributed by atoms with Gasteiger partial charge in [0.05, 0.1) is 10.5 Å². The molecule has 0 aromatic heterocycles. The smallest absolute Gasteiger partial charge is 0.261 e. The van der Waals surface area contributed by atoms with E-state index in [4.69, 9.17) is 15.9 Å². The molecule has 1 N–H and O–H groups in total. The van der Waals surface area contributed by atoms with E-state index in [1.54, 1.807) is 13.0 Å². The molecule has 0 atom stereocenters. The van der Waals surface area contributed by atoms with Gasteiger partial charge in [0, 0.05) is 10.7 Å². The maximum atomic E-state index is 11.2. The first-order valence-corrected chi connectivity index (χ1v) is 6.42. The molecular formula is C9H8ClNO3S. The topological polar surface area (TPSA) is 78.2 Å². The van der Waals surface area contributed by atoms with Gasteiger partial charge in [-0.05, 0) is 24.1 Å². The predicted molar refractivity (Wildman–Crippen MR) is 55.2 cm³/mol. The van der Waals surface area contributed by atoms with Crippen LogP contribution in [0.2, 0.25) is 0 Å². The molecule has 6 heteroatoms. The maximum absolute atomic E-state index is 11.2. The number of phenolic OH excluding ortho intramolecular Hbond substituents is 1. The van der Waals surface area contributed by atoms with Crippen LogP contribution < -0.4 is 0 Å². The molecule has 0 saturated heterocycles. The minimum atomic E-state index is -3.88. The fraction of sp³-hybridized carbons (Fsp3) is 0.222. The Morgan fingerprint density at radius 3 is 2.53 bits per heavy atom. The fourth-order valence-corrected chi connectivity index (χ4v) is 2.53. The highest BCUT2D eigenvalue weighted by atomic mass is 35.7. The average molecular weight is 246 g/mol. The van der Waals surface area contributed by atoms with Crippen LogP contribution in [0.5, 0.6) is 5.75 Å². The van der Waals surface area contributed by atoms with Crippen molar-refractivity contribution in [3.05, 3.63) is 23.3 Å². The number of nitrogens with zero attached hydrogens (tertiary/aromatic N) is 1. The van der Waals surface area contributed by atoms with Gasteiger partial charge in [0.15, 0.2) is 0 Å². The molecule has 1 aromatic carbocycles. The van der Waals surface area contributed by atoms with Crippen molar-refractivity contribution in [2.45, 2.75) is 18.2 Å². The summed E-state index contributed by atoms with van der Waals surface area (Å²) in [7, 11) is 1.32. The Hall–Kier alpha value is -1.25. The molecule has 0 heterocycles. The molecule has 0 radical (unpaired) electrons. The fourth-order valence-electron chi connectivity index (χ4n) is 1.32. The van der Waals surface area contributed by atoms with Gasteiger partial charge in [0.2, 0.25) is 0 Å². The van der Waals surface area contributed by atoms with Crippen LogP contribution in [0.15, 0.2) is 17.0 Å². The number of halogens is 1. The predicted octanol–water partition coefficient (Wildman–Crippen LogP) is 1.75. The lowest BCUT2D eigenvalue weighted by molar-refractivity contribution is 0.472. The van der Waals surface area contributed by atoms with E-state index in [1.165, 1.54) is 6.07 Å². The van der Waals surface area contributed by atoms with Crippen molar-refractivity contribution >= 4 is 19.7 Å². The van der Waals surface area contributed by atoms with Crippen LogP contribution in [-0.2, 0) is 15.5 Å². The van der Waals surface area contributed by atoms with Crippen LogP contribution in [0.25, 0.3) is 0 Å². The van der Waals surface area contributed by atoms with E-state index in [-0.39, 0.29) is 21.8 Å². The summed E-state index contributed by atoms with van der Waals surface area (Å²) in [6.07, 6.45) is 0.304. The Balaban J connectivity index is 3.66. The zero-order valence-corrected chi connectivity index (χ0v) is 9.43. The van der Waals surface area contributed by atoms with Crippen molar-refractivity contribution in [1.82, 2.24) is 0 Å². The molecule has 1 rings (SSSR count). The first-order valence-electron chi connectivity index (χ1n) is 4.11. The molecule has 0 amide bonds.